The first-order valence-electron chi connectivity index (χ1n) is 4.59. The molecule has 9 heteroatoms. The second-order valence-electron chi connectivity index (χ2n) is 3.28. The van der Waals surface area contributed by atoms with E-state index in [-0.39, 0.29) is 0 Å². The molecule has 19 heavy (non-hydrogen) atoms. The second-order valence-corrected chi connectivity index (χ2v) is 3.28. The van der Waals surface area contributed by atoms with E-state index in [9.17, 15) is 27.2 Å². The van der Waals surface area contributed by atoms with Gasteiger partial charge in [0.05, 0.1) is 12.7 Å². The van der Waals surface area contributed by atoms with Gasteiger partial charge in [0.25, 0.3) is 0 Å². The van der Waals surface area contributed by atoms with Gasteiger partial charge in [-0.15, -0.1) is 0 Å². The lowest BCUT2D eigenvalue weighted by atomic mass is 10.0. The van der Waals surface area contributed by atoms with Crippen LogP contribution in [-0.4, -0.2) is 29.3 Å². The Morgan fingerprint density at radius 3 is 1.79 bits per heavy atom. The van der Waals surface area contributed by atoms with E-state index in [4.69, 9.17) is 10.2 Å². The Balaban J connectivity index is 3.65. The zero-order valence-corrected chi connectivity index (χ0v) is 9.21. The predicted octanol–water partition coefficient (Wildman–Crippen LogP) is 1.15. The van der Waals surface area contributed by atoms with Crippen molar-refractivity contribution in [2.45, 2.75) is 6.10 Å². The molecule has 1 rings (SSSR count). The third-order valence-electron chi connectivity index (χ3n) is 2.19. The minimum Gasteiger partial charge on any atom is -0.479 e. The summed E-state index contributed by atoms with van der Waals surface area (Å²) >= 11 is 0. The molecule has 0 amide bonds. The number of halogens is 4. The number of benzene rings is 1. The van der Waals surface area contributed by atoms with E-state index in [1.54, 1.807) is 0 Å². The summed E-state index contributed by atoms with van der Waals surface area (Å²) < 4.78 is 57.5. The van der Waals surface area contributed by atoms with Gasteiger partial charge in [-0.1, -0.05) is 0 Å². The van der Waals surface area contributed by atoms with Crippen LogP contribution < -0.4 is 0 Å². The van der Waals surface area contributed by atoms with E-state index in [0.717, 1.165) is 7.11 Å². The number of esters is 1. The third-order valence-corrected chi connectivity index (χ3v) is 2.19. The van der Waals surface area contributed by atoms with Crippen molar-refractivity contribution < 1.29 is 42.1 Å². The van der Waals surface area contributed by atoms with E-state index in [1.165, 1.54) is 0 Å². The Kier molecular flexibility index (Phi) is 4.10. The molecule has 0 aromatic heterocycles. The standard InChI is InChI=1S/C10H6F4O5/c1-19-10(18)3-6(13)4(11)2(5(12)7(3)14)8(15)9(16)17/h8,15H,1H3,(H,16,17). The summed E-state index contributed by atoms with van der Waals surface area (Å²) in [4.78, 5) is 21.3. The summed E-state index contributed by atoms with van der Waals surface area (Å²) in [5.74, 6) is -12.5. The van der Waals surface area contributed by atoms with Crippen molar-refractivity contribution in [2.24, 2.45) is 0 Å². The molecule has 104 valence electrons. The number of methoxy groups -OCH3 is 1. The number of ether oxygens (including phenoxy) is 1. The summed E-state index contributed by atoms with van der Waals surface area (Å²) in [7, 11) is 0.719. The molecule has 0 bridgehead atoms. The number of carbonyl (C=O) groups is 2. The minimum atomic E-state index is -2.82. The van der Waals surface area contributed by atoms with Crippen LogP contribution in [0.1, 0.15) is 22.0 Å². The molecular weight excluding hydrogens is 276 g/mol. The molecule has 5 nitrogen and oxygen atoms in total. The number of hydrogen-bond donors (Lipinski definition) is 2. The number of aliphatic hydroxyl groups excluding tert-OH is 1. The van der Waals surface area contributed by atoms with E-state index in [0.29, 0.717) is 0 Å². The first-order chi connectivity index (χ1) is 8.73. The van der Waals surface area contributed by atoms with Gasteiger partial charge in [-0.3, -0.25) is 0 Å². The second kappa shape index (κ2) is 5.22. The molecular formula is C10H6F4O5. The minimum absolute atomic E-state index is 0.719. The van der Waals surface area contributed by atoms with Crippen LogP contribution in [-0.2, 0) is 9.53 Å². The largest absolute Gasteiger partial charge is 0.479 e. The van der Waals surface area contributed by atoms with Crippen LogP contribution in [0.25, 0.3) is 0 Å². The Labute approximate surface area is 103 Å². The third kappa shape index (κ3) is 2.36. The van der Waals surface area contributed by atoms with Crippen molar-refractivity contribution in [3.63, 3.8) is 0 Å². The summed E-state index contributed by atoms with van der Waals surface area (Å²) in [6, 6.07) is 0. The lowest BCUT2D eigenvalue weighted by molar-refractivity contribution is -0.147. The quantitative estimate of drug-likeness (QED) is 0.493. The predicted molar refractivity (Wildman–Crippen MR) is 50.2 cm³/mol. The number of aliphatic carboxylic acids is 1. The van der Waals surface area contributed by atoms with Gasteiger partial charge < -0.3 is 14.9 Å². The molecule has 0 saturated heterocycles. The van der Waals surface area contributed by atoms with Crippen LogP contribution in [0.15, 0.2) is 0 Å². The zero-order valence-electron chi connectivity index (χ0n) is 9.21. The molecule has 0 aliphatic carbocycles. The molecule has 1 aromatic rings. The zero-order chi connectivity index (χ0) is 14.9. The van der Waals surface area contributed by atoms with Gasteiger partial charge in [0, 0.05) is 0 Å². The Morgan fingerprint density at radius 2 is 1.47 bits per heavy atom. The van der Waals surface area contributed by atoms with Gasteiger partial charge in [0.1, 0.15) is 5.56 Å². The molecule has 1 atom stereocenters. The molecule has 0 radical (unpaired) electrons. The highest BCUT2D eigenvalue weighted by atomic mass is 19.2. The maximum absolute atomic E-state index is 13.4. The highest BCUT2D eigenvalue weighted by Crippen LogP contribution is 2.29. The highest BCUT2D eigenvalue weighted by molar-refractivity contribution is 5.90. The van der Waals surface area contributed by atoms with Gasteiger partial charge in [-0.05, 0) is 0 Å². The van der Waals surface area contributed by atoms with Gasteiger partial charge >= 0.3 is 11.9 Å². The molecule has 0 fully saturated rings. The average Bonchev–Trinajstić information content (AvgIpc) is 2.36. The molecule has 1 unspecified atom stereocenters. The normalized spacial score (nSPS) is 12.1. The maximum atomic E-state index is 13.4. The van der Waals surface area contributed by atoms with Crippen molar-refractivity contribution in [3.8, 4) is 0 Å². The van der Waals surface area contributed by atoms with Gasteiger partial charge in [0.15, 0.2) is 29.4 Å². The monoisotopic (exact) mass is 282 g/mol. The van der Waals surface area contributed by atoms with Crippen molar-refractivity contribution in [2.75, 3.05) is 7.11 Å². The SMILES string of the molecule is COC(=O)c1c(F)c(F)c(C(O)C(=O)O)c(F)c1F. The summed E-state index contributed by atoms with van der Waals surface area (Å²) in [5.41, 5.74) is -3.39. The molecule has 0 saturated carbocycles. The van der Waals surface area contributed by atoms with E-state index >= 15 is 0 Å². The molecule has 0 aliphatic heterocycles. The van der Waals surface area contributed by atoms with Crippen LogP contribution in [0, 0.1) is 23.3 Å². The number of carboxylic acid groups (broad SMARTS) is 1. The van der Waals surface area contributed by atoms with Crippen LogP contribution >= 0.6 is 0 Å². The lowest BCUT2D eigenvalue weighted by Gasteiger charge is -2.12. The molecule has 0 spiro atoms. The molecule has 0 heterocycles. The van der Waals surface area contributed by atoms with Crippen LogP contribution in [0.5, 0.6) is 0 Å². The van der Waals surface area contributed by atoms with Crippen molar-refractivity contribution in [3.05, 3.63) is 34.4 Å². The van der Waals surface area contributed by atoms with Crippen molar-refractivity contribution in [1.29, 1.82) is 0 Å². The summed E-state index contributed by atoms with van der Waals surface area (Å²) in [5, 5.41) is 17.3. The van der Waals surface area contributed by atoms with Crippen LogP contribution in [0.2, 0.25) is 0 Å². The Hall–Kier alpha value is -2.16. The highest BCUT2D eigenvalue weighted by Gasteiger charge is 2.34. The number of hydrogen-bond acceptors (Lipinski definition) is 4. The topological polar surface area (TPSA) is 83.8 Å². The lowest BCUT2D eigenvalue weighted by Crippen LogP contribution is -2.20. The van der Waals surface area contributed by atoms with E-state index < -0.39 is 52.4 Å². The fourth-order valence-electron chi connectivity index (χ4n) is 1.29. The number of aliphatic hydroxyl groups is 1. The van der Waals surface area contributed by atoms with E-state index in [1.807, 2.05) is 0 Å². The first-order valence-corrected chi connectivity index (χ1v) is 4.59. The fraction of sp³-hybridized carbons (Fsp3) is 0.200. The molecule has 0 aliphatic rings. The number of rotatable bonds is 3. The molecule has 2 N–H and O–H groups in total. The van der Waals surface area contributed by atoms with Gasteiger partial charge in [-0.25, -0.2) is 27.2 Å². The van der Waals surface area contributed by atoms with Crippen LogP contribution in [0.4, 0.5) is 17.6 Å². The smallest absolute Gasteiger partial charge is 0.344 e. The van der Waals surface area contributed by atoms with E-state index in [2.05, 4.69) is 4.74 Å². The molecule has 1 aromatic carbocycles. The van der Waals surface area contributed by atoms with Crippen molar-refractivity contribution >= 4 is 11.9 Å². The summed E-state index contributed by atoms with van der Waals surface area (Å²) in [6.45, 7) is 0. The Bertz CT molecular complexity index is 528. The fourth-order valence-corrected chi connectivity index (χ4v) is 1.29. The Morgan fingerprint density at radius 1 is 1.05 bits per heavy atom. The van der Waals surface area contributed by atoms with Gasteiger partial charge in [0.2, 0.25) is 0 Å². The summed E-state index contributed by atoms with van der Waals surface area (Å²) in [6.07, 6.45) is -2.82. The number of carboxylic acids is 1. The number of carbonyl (C=O) groups excluding carboxylic acids is 1. The van der Waals surface area contributed by atoms with Gasteiger partial charge in [-0.2, -0.15) is 0 Å². The first kappa shape index (κ1) is 14.9. The average molecular weight is 282 g/mol. The van der Waals surface area contributed by atoms with Crippen LogP contribution in [0.3, 0.4) is 0 Å². The maximum Gasteiger partial charge on any atom is 0.344 e. The van der Waals surface area contributed by atoms with Crippen molar-refractivity contribution in [1.82, 2.24) is 0 Å².